The molecule has 0 aromatic heterocycles. The van der Waals surface area contributed by atoms with Crippen molar-refractivity contribution in [2.45, 2.75) is 6.54 Å². The van der Waals surface area contributed by atoms with Crippen molar-refractivity contribution in [3.63, 3.8) is 0 Å². The van der Waals surface area contributed by atoms with Gasteiger partial charge < -0.3 is 16.0 Å². The summed E-state index contributed by atoms with van der Waals surface area (Å²) in [6.07, 6.45) is 5.35. The van der Waals surface area contributed by atoms with Crippen molar-refractivity contribution in [3.8, 4) is 12.3 Å². The minimum Gasteiger partial charge on any atom is -0.352 e. The number of terminal acetylenes is 1. The lowest BCUT2D eigenvalue weighted by atomic mass is 10.2. The highest BCUT2D eigenvalue weighted by Crippen LogP contribution is 2.14. The van der Waals surface area contributed by atoms with E-state index in [1.54, 1.807) is 31.3 Å². The van der Waals surface area contributed by atoms with Crippen LogP contribution >= 0.6 is 11.6 Å². The van der Waals surface area contributed by atoms with E-state index in [4.69, 9.17) is 18.0 Å². The molecule has 0 saturated heterocycles. The Bertz CT molecular complexity index is 811. The first-order chi connectivity index (χ1) is 12.1. The third-order valence-corrected chi connectivity index (χ3v) is 3.73. The van der Waals surface area contributed by atoms with E-state index in [0.29, 0.717) is 28.8 Å². The van der Waals surface area contributed by atoms with Crippen molar-refractivity contribution in [1.82, 2.24) is 10.6 Å². The Balaban J connectivity index is 1.83. The molecule has 0 aliphatic carbocycles. The van der Waals surface area contributed by atoms with Crippen LogP contribution < -0.4 is 16.0 Å². The van der Waals surface area contributed by atoms with Crippen molar-refractivity contribution in [1.29, 1.82) is 0 Å². The summed E-state index contributed by atoms with van der Waals surface area (Å²) >= 11 is 6.11. The van der Waals surface area contributed by atoms with Gasteiger partial charge in [0.25, 0.3) is 0 Å². The fraction of sp³-hybridized carbons (Fsp3) is 0.158. The van der Waals surface area contributed by atoms with Crippen molar-refractivity contribution in [3.05, 3.63) is 64.7 Å². The van der Waals surface area contributed by atoms with Gasteiger partial charge in [-0.05, 0) is 29.8 Å². The summed E-state index contributed by atoms with van der Waals surface area (Å²) in [5.74, 6) is 2.84. The normalized spacial score (nSPS) is 10.7. The van der Waals surface area contributed by atoms with Crippen LogP contribution in [-0.2, 0) is 11.3 Å². The average Bonchev–Trinajstić information content (AvgIpc) is 2.63. The molecule has 5 nitrogen and oxygen atoms in total. The van der Waals surface area contributed by atoms with Gasteiger partial charge in [-0.25, -0.2) is 0 Å². The number of carbonyl (C=O) groups is 1. The number of rotatable bonds is 5. The summed E-state index contributed by atoms with van der Waals surface area (Å²) in [6, 6.07) is 14.7. The Labute approximate surface area is 152 Å². The number of halogens is 1. The Morgan fingerprint density at radius 1 is 1.20 bits per heavy atom. The maximum Gasteiger partial charge on any atom is 0.243 e. The molecule has 6 heteroatoms. The van der Waals surface area contributed by atoms with Gasteiger partial charge in [0.1, 0.15) is 0 Å². The predicted molar refractivity (Wildman–Crippen MR) is 103 cm³/mol. The van der Waals surface area contributed by atoms with Crippen LogP contribution in [0.3, 0.4) is 0 Å². The highest BCUT2D eigenvalue weighted by molar-refractivity contribution is 6.31. The molecule has 0 aliphatic heterocycles. The molecule has 3 N–H and O–H groups in total. The molecule has 0 unspecified atom stereocenters. The molecule has 0 heterocycles. The van der Waals surface area contributed by atoms with Gasteiger partial charge in [-0.15, -0.1) is 6.42 Å². The van der Waals surface area contributed by atoms with Gasteiger partial charge in [0.2, 0.25) is 5.91 Å². The van der Waals surface area contributed by atoms with E-state index in [0.717, 1.165) is 5.56 Å². The molecule has 0 aliphatic rings. The quantitative estimate of drug-likeness (QED) is 0.439. The lowest BCUT2D eigenvalue weighted by Crippen LogP contribution is -2.41. The maximum absolute atomic E-state index is 12.0. The maximum atomic E-state index is 12.0. The molecule has 2 rings (SSSR count). The lowest BCUT2D eigenvalue weighted by Gasteiger charge is -2.13. The second-order valence-corrected chi connectivity index (χ2v) is 5.55. The number of benzene rings is 2. The Hall–Kier alpha value is -2.97. The Morgan fingerprint density at radius 2 is 2.00 bits per heavy atom. The van der Waals surface area contributed by atoms with E-state index < -0.39 is 0 Å². The molecule has 25 heavy (non-hydrogen) atoms. The Morgan fingerprint density at radius 3 is 2.72 bits per heavy atom. The molecule has 0 spiro atoms. The van der Waals surface area contributed by atoms with Crippen LogP contribution in [0.2, 0.25) is 5.02 Å². The number of anilines is 1. The van der Waals surface area contributed by atoms with Gasteiger partial charge in [-0.1, -0.05) is 41.8 Å². The average molecular weight is 355 g/mol. The highest BCUT2D eigenvalue weighted by Gasteiger charge is 2.05. The van der Waals surface area contributed by atoms with Crippen LogP contribution in [0, 0.1) is 12.3 Å². The fourth-order valence-corrected chi connectivity index (χ4v) is 2.30. The largest absolute Gasteiger partial charge is 0.352 e. The van der Waals surface area contributed by atoms with E-state index in [-0.39, 0.29) is 12.5 Å². The van der Waals surface area contributed by atoms with Gasteiger partial charge in [-0.3, -0.25) is 9.79 Å². The summed E-state index contributed by atoms with van der Waals surface area (Å²) in [6.45, 7) is 0.577. The van der Waals surface area contributed by atoms with Gasteiger partial charge in [0.15, 0.2) is 5.96 Å². The number of guanidine groups is 1. The third-order valence-electron chi connectivity index (χ3n) is 3.36. The SMILES string of the molecule is C#Cc1cccc(NC(=O)CNC(=NC)NCc2ccccc2Cl)c1. The number of aliphatic imine (C=N–C) groups is 1. The molecule has 1 amide bonds. The second kappa shape index (κ2) is 9.36. The second-order valence-electron chi connectivity index (χ2n) is 5.14. The summed E-state index contributed by atoms with van der Waals surface area (Å²) in [5, 5.41) is 9.52. The lowest BCUT2D eigenvalue weighted by molar-refractivity contribution is -0.115. The van der Waals surface area contributed by atoms with Crippen molar-refractivity contribution in [2.75, 3.05) is 18.9 Å². The van der Waals surface area contributed by atoms with Gasteiger partial charge in [0, 0.05) is 29.9 Å². The number of carbonyl (C=O) groups excluding carboxylic acids is 1. The number of amides is 1. The van der Waals surface area contributed by atoms with Crippen LogP contribution in [0.4, 0.5) is 5.69 Å². The third kappa shape index (κ3) is 5.87. The molecular formula is C19H19ClN4O. The molecule has 2 aromatic carbocycles. The zero-order valence-corrected chi connectivity index (χ0v) is 14.6. The zero-order valence-electron chi connectivity index (χ0n) is 13.8. The molecule has 0 bridgehead atoms. The van der Waals surface area contributed by atoms with Gasteiger partial charge >= 0.3 is 0 Å². The van der Waals surface area contributed by atoms with Crippen LogP contribution in [0.15, 0.2) is 53.5 Å². The van der Waals surface area contributed by atoms with Crippen molar-refractivity contribution >= 4 is 29.2 Å². The topological polar surface area (TPSA) is 65.5 Å². The number of hydrogen-bond donors (Lipinski definition) is 3. The standard InChI is InChI=1S/C19H19ClN4O/c1-3-14-7-6-9-16(11-14)24-18(25)13-23-19(21-2)22-12-15-8-4-5-10-17(15)20/h1,4-11H,12-13H2,2H3,(H,24,25)(H2,21,22,23). The molecule has 2 aromatic rings. The number of hydrogen-bond acceptors (Lipinski definition) is 2. The van der Waals surface area contributed by atoms with Crippen LogP contribution in [-0.4, -0.2) is 25.5 Å². The molecule has 128 valence electrons. The Kier molecular flexibility index (Phi) is 6.87. The van der Waals surface area contributed by atoms with Gasteiger partial charge in [-0.2, -0.15) is 0 Å². The minimum absolute atomic E-state index is 0.0719. The smallest absolute Gasteiger partial charge is 0.243 e. The van der Waals surface area contributed by atoms with E-state index in [9.17, 15) is 4.79 Å². The number of nitrogens with one attached hydrogen (secondary N) is 3. The summed E-state index contributed by atoms with van der Waals surface area (Å²) in [4.78, 5) is 16.1. The molecule has 0 saturated carbocycles. The predicted octanol–water partition coefficient (Wildman–Crippen LogP) is 2.63. The number of nitrogens with zero attached hydrogens (tertiary/aromatic N) is 1. The van der Waals surface area contributed by atoms with Crippen LogP contribution in [0.5, 0.6) is 0 Å². The first-order valence-electron chi connectivity index (χ1n) is 7.67. The monoisotopic (exact) mass is 354 g/mol. The van der Waals surface area contributed by atoms with Crippen LogP contribution in [0.1, 0.15) is 11.1 Å². The first kappa shape index (κ1) is 18.4. The summed E-state index contributed by atoms with van der Waals surface area (Å²) in [5.41, 5.74) is 2.31. The highest BCUT2D eigenvalue weighted by atomic mass is 35.5. The van der Waals surface area contributed by atoms with E-state index in [2.05, 4.69) is 26.9 Å². The molecule has 0 radical (unpaired) electrons. The van der Waals surface area contributed by atoms with E-state index in [1.807, 2.05) is 24.3 Å². The molecule has 0 atom stereocenters. The minimum atomic E-state index is -0.199. The van der Waals surface area contributed by atoms with E-state index >= 15 is 0 Å². The molecule has 0 fully saturated rings. The fourth-order valence-electron chi connectivity index (χ4n) is 2.10. The van der Waals surface area contributed by atoms with Gasteiger partial charge in [0.05, 0.1) is 6.54 Å². The summed E-state index contributed by atoms with van der Waals surface area (Å²) < 4.78 is 0. The van der Waals surface area contributed by atoms with Crippen LogP contribution in [0.25, 0.3) is 0 Å². The summed E-state index contributed by atoms with van der Waals surface area (Å²) in [7, 11) is 1.64. The first-order valence-corrected chi connectivity index (χ1v) is 8.04. The molecular weight excluding hydrogens is 336 g/mol. The van der Waals surface area contributed by atoms with Crippen molar-refractivity contribution < 1.29 is 4.79 Å². The van der Waals surface area contributed by atoms with E-state index in [1.165, 1.54) is 0 Å². The zero-order chi connectivity index (χ0) is 18.1. The van der Waals surface area contributed by atoms with Crippen molar-refractivity contribution in [2.24, 2.45) is 4.99 Å².